The van der Waals surface area contributed by atoms with Gasteiger partial charge in [-0.25, -0.2) is 0 Å². The maximum atomic E-state index is 13.7. The number of amides is 1. The van der Waals surface area contributed by atoms with Crippen LogP contribution in [0, 0.1) is 5.92 Å². The number of nitrogens with zero attached hydrogens (tertiary/aromatic N) is 7. The summed E-state index contributed by atoms with van der Waals surface area (Å²) in [4.78, 5) is 20.3. The van der Waals surface area contributed by atoms with Crippen molar-refractivity contribution in [3.05, 3.63) is 101 Å². The van der Waals surface area contributed by atoms with Gasteiger partial charge in [0.05, 0.1) is 18.7 Å². The summed E-state index contributed by atoms with van der Waals surface area (Å²) in [5.74, 6) is -0.335. The number of alkyl halides is 3. The van der Waals surface area contributed by atoms with E-state index in [0.29, 0.717) is 43.2 Å². The van der Waals surface area contributed by atoms with Crippen molar-refractivity contribution in [2.45, 2.75) is 30.7 Å². The first kappa shape index (κ1) is 39.3. The number of methoxy groups -OCH3 is 1. The SMILES string of the molecule is COc1ccc(-n2nnnc2C(F)(F)F)cc1CN1C[C@@H]2CN(C(=O)C3CNC3)CCN2[C@H](C(c2ccccc2)c2ccccc2)C1.Cl.Cl.Cl. The van der Waals surface area contributed by atoms with Crippen molar-refractivity contribution in [1.29, 1.82) is 0 Å². The third-order valence-electron chi connectivity index (χ3n) is 9.64. The Morgan fingerprint density at radius 2 is 1.58 bits per heavy atom. The van der Waals surface area contributed by atoms with Crippen molar-refractivity contribution in [3.8, 4) is 11.4 Å². The lowest BCUT2D eigenvalue weighted by atomic mass is 9.81. The van der Waals surface area contributed by atoms with Gasteiger partial charge in [0.15, 0.2) is 0 Å². The van der Waals surface area contributed by atoms with Crippen molar-refractivity contribution in [2.75, 3.05) is 52.9 Å². The van der Waals surface area contributed by atoms with E-state index in [1.54, 1.807) is 19.2 Å². The van der Waals surface area contributed by atoms with Crippen LogP contribution < -0.4 is 10.1 Å². The van der Waals surface area contributed by atoms with Crippen LogP contribution in [0.5, 0.6) is 5.75 Å². The van der Waals surface area contributed by atoms with Gasteiger partial charge < -0.3 is 15.0 Å². The van der Waals surface area contributed by atoms with Crippen LogP contribution in [0.15, 0.2) is 78.9 Å². The monoisotopic (exact) mass is 754 g/mol. The highest BCUT2D eigenvalue weighted by Gasteiger charge is 2.44. The summed E-state index contributed by atoms with van der Waals surface area (Å²) in [6, 6.07) is 26.0. The summed E-state index contributed by atoms with van der Waals surface area (Å²) in [6.07, 6.45) is -4.71. The van der Waals surface area contributed by atoms with Crippen LogP contribution in [0.4, 0.5) is 13.2 Å². The molecular weight excluding hydrogens is 716 g/mol. The highest BCUT2D eigenvalue weighted by molar-refractivity contribution is 5.86. The van der Waals surface area contributed by atoms with E-state index in [-0.39, 0.29) is 72.7 Å². The second-order valence-electron chi connectivity index (χ2n) is 12.5. The van der Waals surface area contributed by atoms with Crippen molar-refractivity contribution in [1.82, 2.24) is 40.2 Å². The molecule has 3 aliphatic rings. The zero-order chi connectivity index (χ0) is 32.5. The summed E-state index contributed by atoms with van der Waals surface area (Å²) in [6.45, 7) is 5.33. The van der Waals surface area contributed by atoms with E-state index in [4.69, 9.17) is 4.74 Å². The molecule has 0 bridgehead atoms. The standard InChI is InChI=1S/C34H37F3N8O2.3ClH/c1-47-30-13-12-27(45-33(34(35,36)37)39-40-41-45)16-25(30)19-42-20-28-21-43(32(46)26-17-38-18-26)14-15-44(28)29(22-42)31(23-8-4-2-5-9-23)24-10-6-3-7-11-24;;;/h2-13,16,26,28-29,31,38H,14-15,17-22H2,1H3;3*1H/t28-,29+;;;/m1.../s1. The van der Waals surface area contributed by atoms with Crippen molar-refractivity contribution < 1.29 is 22.7 Å². The Balaban J connectivity index is 0.00000187. The van der Waals surface area contributed by atoms with E-state index in [0.717, 1.165) is 25.2 Å². The van der Waals surface area contributed by atoms with Crippen LogP contribution in [0.3, 0.4) is 0 Å². The normalized spacial score (nSPS) is 19.7. The largest absolute Gasteiger partial charge is 0.496 e. The van der Waals surface area contributed by atoms with E-state index in [1.807, 2.05) is 17.0 Å². The number of nitrogens with one attached hydrogen (secondary N) is 1. The number of piperazine rings is 2. The van der Waals surface area contributed by atoms with Crippen molar-refractivity contribution in [2.24, 2.45) is 5.92 Å². The van der Waals surface area contributed by atoms with Crippen LogP contribution >= 0.6 is 37.2 Å². The average molecular weight is 756 g/mol. The van der Waals surface area contributed by atoms with Crippen LogP contribution in [0.2, 0.25) is 0 Å². The lowest BCUT2D eigenvalue weighted by Crippen LogP contribution is -2.68. The Labute approximate surface area is 307 Å². The molecule has 0 unspecified atom stereocenters. The van der Waals surface area contributed by atoms with Gasteiger partial charge in [-0.1, -0.05) is 60.7 Å². The summed E-state index contributed by atoms with van der Waals surface area (Å²) < 4.78 is 47.4. The van der Waals surface area contributed by atoms with E-state index in [2.05, 4.69) is 79.2 Å². The Morgan fingerprint density at radius 3 is 2.16 bits per heavy atom. The van der Waals surface area contributed by atoms with Gasteiger partial charge in [-0.3, -0.25) is 14.6 Å². The highest BCUT2D eigenvalue weighted by atomic mass is 35.5. The fraction of sp³-hybridized carbons (Fsp3) is 0.412. The number of rotatable bonds is 8. The molecule has 0 saturated carbocycles. The fourth-order valence-corrected chi connectivity index (χ4v) is 7.31. The number of ether oxygens (including phenoxy) is 1. The first-order valence-electron chi connectivity index (χ1n) is 15.9. The third kappa shape index (κ3) is 8.03. The molecule has 4 heterocycles. The van der Waals surface area contributed by atoms with Gasteiger partial charge in [0.25, 0.3) is 5.82 Å². The van der Waals surface area contributed by atoms with Crippen LogP contribution in [0.25, 0.3) is 5.69 Å². The van der Waals surface area contributed by atoms with Gasteiger partial charge in [0.1, 0.15) is 5.75 Å². The molecule has 1 amide bonds. The lowest BCUT2D eigenvalue weighted by molar-refractivity contribution is -0.146. The predicted octanol–water partition coefficient (Wildman–Crippen LogP) is 4.70. The Kier molecular flexibility index (Phi) is 13.1. The molecule has 0 aliphatic carbocycles. The number of hydrogen-bond acceptors (Lipinski definition) is 8. The van der Waals surface area contributed by atoms with E-state index >= 15 is 0 Å². The van der Waals surface area contributed by atoms with Gasteiger partial charge in [-0.2, -0.15) is 17.9 Å². The van der Waals surface area contributed by atoms with Gasteiger partial charge >= 0.3 is 6.18 Å². The second-order valence-corrected chi connectivity index (χ2v) is 12.5. The number of benzene rings is 3. The number of tetrazole rings is 1. The van der Waals surface area contributed by atoms with Crippen LogP contribution in [-0.2, 0) is 17.5 Å². The molecule has 3 fully saturated rings. The van der Waals surface area contributed by atoms with Gasteiger partial charge in [0.2, 0.25) is 5.91 Å². The van der Waals surface area contributed by atoms with Crippen LogP contribution in [-0.4, -0.2) is 106 Å². The zero-order valence-corrected chi connectivity index (χ0v) is 29.7. The number of carbonyl (C=O) groups is 1. The minimum atomic E-state index is -4.71. The highest BCUT2D eigenvalue weighted by Crippen LogP contribution is 2.37. The zero-order valence-electron chi connectivity index (χ0n) is 27.3. The first-order valence-corrected chi connectivity index (χ1v) is 15.9. The van der Waals surface area contributed by atoms with Crippen LogP contribution in [0.1, 0.15) is 28.4 Å². The summed E-state index contributed by atoms with van der Waals surface area (Å²) in [5, 5.41) is 13.4. The third-order valence-corrected chi connectivity index (χ3v) is 9.64. The molecule has 10 nitrogen and oxygen atoms in total. The molecule has 2 atom stereocenters. The molecular formula is C34H40Cl3F3N8O2. The molecule has 270 valence electrons. The minimum absolute atomic E-state index is 0. The summed E-state index contributed by atoms with van der Waals surface area (Å²) >= 11 is 0. The topological polar surface area (TPSA) is 91.6 Å². The number of fused-ring (bicyclic) bond motifs is 1. The van der Waals surface area contributed by atoms with Gasteiger partial charge in [0, 0.05) is 75.9 Å². The first-order chi connectivity index (χ1) is 22.8. The van der Waals surface area contributed by atoms with E-state index < -0.39 is 12.0 Å². The summed E-state index contributed by atoms with van der Waals surface area (Å²) in [5.41, 5.74) is 3.34. The minimum Gasteiger partial charge on any atom is -0.496 e. The molecule has 3 saturated heterocycles. The molecule has 0 radical (unpaired) electrons. The Bertz CT molecular complexity index is 1660. The fourth-order valence-electron chi connectivity index (χ4n) is 7.31. The lowest BCUT2D eigenvalue weighted by Gasteiger charge is -2.54. The van der Waals surface area contributed by atoms with Crippen molar-refractivity contribution >= 4 is 43.1 Å². The predicted molar refractivity (Wildman–Crippen MR) is 190 cm³/mol. The van der Waals surface area contributed by atoms with Gasteiger partial charge in [-0.05, 0) is 39.8 Å². The molecule has 50 heavy (non-hydrogen) atoms. The smallest absolute Gasteiger partial charge is 0.453 e. The second kappa shape index (κ2) is 16.7. The molecule has 1 N–H and O–H groups in total. The maximum absolute atomic E-state index is 13.7. The molecule has 16 heteroatoms. The number of halogens is 6. The molecule has 4 aromatic rings. The van der Waals surface area contributed by atoms with E-state index in [1.165, 1.54) is 17.2 Å². The average Bonchev–Trinajstić information content (AvgIpc) is 3.56. The Hall–Kier alpha value is -3.46. The number of carbonyl (C=O) groups excluding carboxylic acids is 1. The quantitative estimate of drug-likeness (QED) is 0.277. The molecule has 3 aromatic carbocycles. The number of aromatic nitrogens is 4. The van der Waals surface area contributed by atoms with Gasteiger partial charge in [-0.15, -0.1) is 42.3 Å². The molecule has 1 aromatic heterocycles. The Morgan fingerprint density at radius 1 is 0.920 bits per heavy atom. The maximum Gasteiger partial charge on any atom is 0.453 e. The molecule has 7 rings (SSSR count). The molecule has 3 aliphatic heterocycles. The summed E-state index contributed by atoms with van der Waals surface area (Å²) in [7, 11) is 1.55. The van der Waals surface area contributed by atoms with Crippen molar-refractivity contribution in [3.63, 3.8) is 0 Å². The number of hydrogen-bond donors (Lipinski definition) is 1. The molecule has 0 spiro atoms. The van der Waals surface area contributed by atoms with E-state index in [9.17, 15) is 18.0 Å².